The van der Waals surface area contributed by atoms with Crippen molar-refractivity contribution in [1.82, 2.24) is 10.2 Å². The lowest BCUT2D eigenvalue weighted by Crippen LogP contribution is -2.36. The lowest BCUT2D eigenvalue weighted by molar-refractivity contribution is -0.145. The first-order chi connectivity index (χ1) is 12.5. The van der Waals surface area contributed by atoms with Gasteiger partial charge in [-0.25, -0.2) is 0 Å². The Morgan fingerprint density at radius 3 is 2.92 bits per heavy atom. The van der Waals surface area contributed by atoms with E-state index in [9.17, 15) is 9.59 Å². The quantitative estimate of drug-likeness (QED) is 0.306. The van der Waals surface area contributed by atoms with Gasteiger partial charge in [-0.1, -0.05) is 12.1 Å². The molecule has 2 aromatic rings. The fourth-order valence-corrected chi connectivity index (χ4v) is 3.22. The number of nitrogens with one attached hydrogen (secondary N) is 1. The normalized spacial score (nSPS) is 15.5. The van der Waals surface area contributed by atoms with E-state index < -0.39 is 11.9 Å². The predicted octanol–water partition coefficient (Wildman–Crippen LogP) is 3.17. The molecule has 0 bridgehead atoms. The smallest absolute Gasteiger partial charge is 0.326 e. The molecule has 6 nitrogen and oxygen atoms in total. The minimum Gasteiger partial charge on any atom is -0.465 e. The number of carbonyl (C=O) groups is 2. The molecule has 0 atom stereocenters. The first-order valence-electron chi connectivity index (χ1n) is 7.84. The zero-order valence-electron chi connectivity index (χ0n) is 13.8. The van der Waals surface area contributed by atoms with Crippen molar-refractivity contribution in [2.75, 3.05) is 13.2 Å². The summed E-state index contributed by atoms with van der Waals surface area (Å²) in [6, 6.07) is 11.5. The number of nitrogens with zero attached hydrogens (tertiary/aromatic N) is 1. The van der Waals surface area contributed by atoms with E-state index in [1.54, 1.807) is 19.1 Å². The van der Waals surface area contributed by atoms with Crippen LogP contribution in [0.5, 0.6) is 0 Å². The molecule has 0 spiro atoms. The van der Waals surface area contributed by atoms with Crippen molar-refractivity contribution in [1.29, 1.82) is 0 Å². The third-order valence-electron chi connectivity index (χ3n) is 3.58. The summed E-state index contributed by atoms with van der Waals surface area (Å²) in [5.74, 6) is 0.308. The van der Waals surface area contributed by atoms with Crippen LogP contribution < -0.4 is 5.32 Å². The summed E-state index contributed by atoms with van der Waals surface area (Å²) in [5, 5.41) is 2.97. The number of amides is 1. The van der Waals surface area contributed by atoms with E-state index in [2.05, 4.69) is 27.9 Å². The number of thiocarbonyl (C=S) groups is 1. The first kappa shape index (κ1) is 18.6. The van der Waals surface area contributed by atoms with Gasteiger partial charge in [-0.05, 0) is 66.0 Å². The van der Waals surface area contributed by atoms with Gasteiger partial charge in [0, 0.05) is 15.2 Å². The standard InChI is InChI=1S/C18H15IN2O4S/c1-2-24-16(22)10-21-17(23)14(20-18(21)26)9-13-6-7-15(25-13)11-4-3-5-12(19)8-11/h3-9H,2,10H2,1H3,(H,20,26). The van der Waals surface area contributed by atoms with E-state index in [1.165, 1.54) is 4.90 Å². The van der Waals surface area contributed by atoms with Crippen molar-refractivity contribution in [2.45, 2.75) is 6.92 Å². The van der Waals surface area contributed by atoms with Crippen molar-refractivity contribution in [3.63, 3.8) is 0 Å². The number of ether oxygens (including phenoxy) is 1. The maximum Gasteiger partial charge on any atom is 0.326 e. The van der Waals surface area contributed by atoms with Gasteiger partial charge in [-0.3, -0.25) is 14.5 Å². The molecule has 134 valence electrons. The molecule has 1 fully saturated rings. The Labute approximate surface area is 169 Å². The Morgan fingerprint density at radius 2 is 2.19 bits per heavy atom. The van der Waals surface area contributed by atoms with Crippen LogP contribution in [-0.4, -0.2) is 35.0 Å². The topological polar surface area (TPSA) is 71.8 Å². The Morgan fingerprint density at radius 1 is 1.38 bits per heavy atom. The SMILES string of the molecule is CCOC(=O)CN1C(=O)C(=Cc2ccc(-c3cccc(I)c3)o2)NC1=S. The van der Waals surface area contributed by atoms with Crippen molar-refractivity contribution in [3.8, 4) is 11.3 Å². The highest BCUT2D eigenvalue weighted by molar-refractivity contribution is 14.1. The van der Waals surface area contributed by atoms with Crippen molar-refractivity contribution < 1.29 is 18.7 Å². The van der Waals surface area contributed by atoms with Crippen LogP contribution in [0.2, 0.25) is 0 Å². The number of halogens is 1. The van der Waals surface area contributed by atoms with Crippen LogP contribution in [0.3, 0.4) is 0 Å². The number of carbonyl (C=O) groups excluding carboxylic acids is 2. The Bertz CT molecular complexity index is 906. The van der Waals surface area contributed by atoms with E-state index in [-0.39, 0.29) is 24.0 Å². The number of hydrogen-bond acceptors (Lipinski definition) is 5. The van der Waals surface area contributed by atoms with Crippen LogP contribution in [0.15, 0.2) is 46.5 Å². The molecule has 0 radical (unpaired) electrons. The summed E-state index contributed by atoms with van der Waals surface area (Å²) in [6.07, 6.45) is 1.57. The van der Waals surface area contributed by atoms with E-state index in [0.29, 0.717) is 11.5 Å². The second-order valence-corrected chi connectivity index (χ2v) is 7.03. The van der Waals surface area contributed by atoms with Crippen LogP contribution in [0, 0.1) is 3.57 Å². The third-order valence-corrected chi connectivity index (χ3v) is 4.57. The van der Waals surface area contributed by atoms with Gasteiger partial charge in [0.15, 0.2) is 5.11 Å². The van der Waals surface area contributed by atoms with E-state index in [1.807, 2.05) is 30.3 Å². The summed E-state index contributed by atoms with van der Waals surface area (Å²) in [6.45, 7) is 1.73. The van der Waals surface area contributed by atoms with Crippen molar-refractivity contribution in [3.05, 3.63) is 51.4 Å². The number of esters is 1. The van der Waals surface area contributed by atoms with Gasteiger partial charge in [-0.2, -0.15) is 0 Å². The fraction of sp³-hybridized carbons (Fsp3) is 0.167. The van der Waals surface area contributed by atoms with Crippen LogP contribution in [0.25, 0.3) is 17.4 Å². The van der Waals surface area contributed by atoms with Crippen molar-refractivity contribution in [2.24, 2.45) is 0 Å². The zero-order valence-corrected chi connectivity index (χ0v) is 16.8. The van der Waals surface area contributed by atoms with E-state index in [4.69, 9.17) is 21.4 Å². The second kappa shape index (κ2) is 8.00. The molecule has 1 aliphatic heterocycles. The molecular formula is C18H15IN2O4S. The van der Waals surface area contributed by atoms with Crippen LogP contribution in [0.4, 0.5) is 0 Å². The number of benzene rings is 1. The Kier molecular flexibility index (Phi) is 5.72. The minimum atomic E-state index is -0.509. The van der Waals surface area contributed by atoms with E-state index >= 15 is 0 Å². The van der Waals surface area contributed by atoms with Gasteiger partial charge < -0.3 is 14.5 Å². The zero-order chi connectivity index (χ0) is 18.7. The largest absolute Gasteiger partial charge is 0.465 e. The summed E-state index contributed by atoms with van der Waals surface area (Å²) in [5.41, 5.74) is 1.20. The lowest BCUT2D eigenvalue weighted by Gasteiger charge is -2.12. The molecular weight excluding hydrogens is 467 g/mol. The monoisotopic (exact) mass is 482 g/mol. The summed E-state index contributed by atoms with van der Waals surface area (Å²) < 4.78 is 11.8. The fourth-order valence-electron chi connectivity index (χ4n) is 2.42. The van der Waals surface area contributed by atoms with Gasteiger partial charge >= 0.3 is 5.97 Å². The molecule has 1 aliphatic rings. The molecule has 0 saturated carbocycles. The molecule has 8 heteroatoms. The number of hydrogen-bond donors (Lipinski definition) is 1. The van der Waals surface area contributed by atoms with Gasteiger partial charge in [0.1, 0.15) is 23.8 Å². The highest BCUT2D eigenvalue weighted by Crippen LogP contribution is 2.25. The molecule has 26 heavy (non-hydrogen) atoms. The number of rotatable bonds is 5. The highest BCUT2D eigenvalue weighted by Gasteiger charge is 2.32. The Balaban J connectivity index is 1.77. The van der Waals surface area contributed by atoms with Gasteiger partial charge in [0.05, 0.1) is 6.61 Å². The predicted molar refractivity (Wildman–Crippen MR) is 109 cm³/mol. The molecule has 1 amide bonds. The average Bonchev–Trinajstić information content (AvgIpc) is 3.16. The Hall–Kier alpha value is -2.20. The maximum atomic E-state index is 12.4. The van der Waals surface area contributed by atoms with Crippen LogP contribution in [-0.2, 0) is 14.3 Å². The molecule has 1 aromatic carbocycles. The van der Waals surface area contributed by atoms with Gasteiger partial charge in [0.2, 0.25) is 0 Å². The van der Waals surface area contributed by atoms with Crippen LogP contribution in [0.1, 0.15) is 12.7 Å². The number of furan rings is 1. The van der Waals surface area contributed by atoms with Gasteiger partial charge in [-0.15, -0.1) is 0 Å². The molecule has 1 saturated heterocycles. The van der Waals surface area contributed by atoms with E-state index in [0.717, 1.165) is 9.13 Å². The highest BCUT2D eigenvalue weighted by atomic mass is 127. The molecule has 2 heterocycles. The molecule has 3 rings (SSSR count). The summed E-state index contributed by atoms with van der Waals surface area (Å²) in [4.78, 5) is 25.2. The van der Waals surface area contributed by atoms with Crippen LogP contribution >= 0.6 is 34.8 Å². The maximum absolute atomic E-state index is 12.4. The summed E-state index contributed by atoms with van der Waals surface area (Å²) in [7, 11) is 0. The average molecular weight is 482 g/mol. The summed E-state index contributed by atoms with van der Waals surface area (Å²) >= 11 is 7.36. The van der Waals surface area contributed by atoms with Crippen molar-refractivity contribution >= 4 is 57.9 Å². The molecule has 1 N–H and O–H groups in total. The molecule has 0 aliphatic carbocycles. The minimum absolute atomic E-state index is 0.165. The molecule has 1 aromatic heterocycles. The molecule has 0 unspecified atom stereocenters. The second-order valence-electron chi connectivity index (χ2n) is 5.40. The third kappa shape index (κ3) is 4.13. The first-order valence-corrected chi connectivity index (χ1v) is 9.32. The van der Waals surface area contributed by atoms with Gasteiger partial charge in [0.25, 0.3) is 5.91 Å². The lowest BCUT2D eigenvalue weighted by atomic mass is 10.2.